The molecule has 150 valence electrons. The van der Waals surface area contributed by atoms with Crippen molar-refractivity contribution < 1.29 is 9.66 Å². The van der Waals surface area contributed by atoms with E-state index >= 15 is 0 Å². The normalized spacial score (nSPS) is 20.5. The highest BCUT2D eigenvalue weighted by molar-refractivity contribution is 5.62. The number of likely N-dealkylation sites (tertiary alicyclic amines) is 2. The summed E-state index contributed by atoms with van der Waals surface area (Å²) in [5, 5.41) is 14.5. The molecule has 0 spiro atoms. The quantitative estimate of drug-likeness (QED) is 0.581. The van der Waals surface area contributed by atoms with Crippen molar-refractivity contribution in [3.8, 4) is 5.75 Å². The average molecular weight is 377 g/mol. The molecule has 2 saturated heterocycles. The number of non-ortho nitro benzene ring substituents is 1. The van der Waals surface area contributed by atoms with Gasteiger partial charge in [-0.05, 0) is 57.8 Å². The number of benzene rings is 1. The van der Waals surface area contributed by atoms with Crippen LogP contribution in [0.3, 0.4) is 0 Å². The highest BCUT2D eigenvalue weighted by Crippen LogP contribution is 2.31. The lowest BCUT2D eigenvalue weighted by atomic mass is 9.97. The van der Waals surface area contributed by atoms with Gasteiger partial charge in [0.2, 0.25) is 0 Å². The van der Waals surface area contributed by atoms with Crippen molar-refractivity contribution in [2.45, 2.75) is 51.1 Å². The van der Waals surface area contributed by atoms with E-state index in [4.69, 9.17) is 4.74 Å². The summed E-state index contributed by atoms with van der Waals surface area (Å²) in [5.74, 6) is 0.659. The Morgan fingerprint density at radius 3 is 2.48 bits per heavy atom. The number of nitro benzene ring substituents is 1. The molecule has 0 radical (unpaired) electrons. The van der Waals surface area contributed by atoms with Gasteiger partial charge in [0.05, 0.1) is 17.7 Å². The second-order valence-electron chi connectivity index (χ2n) is 7.67. The number of anilines is 1. The van der Waals surface area contributed by atoms with E-state index in [2.05, 4.69) is 22.0 Å². The Labute approximate surface area is 161 Å². The van der Waals surface area contributed by atoms with Gasteiger partial charge in [0.1, 0.15) is 5.75 Å². The van der Waals surface area contributed by atoms with Gasteiger partial charge in [-0.25, -0.2) is 0 Å². The third-order valence-corrected chi connectivity index (χ3v) is 5.90. The van der Waals surface area contributed by atoms with E-state index in [-0.39, 0.29) is 10.6 Å². The maximum atomic E-state index is 11.1. The van der Waals surface area contributed by atoms with Crippen LogP contribution in [0.4, 0.5) is 11.4 Å². The SMILES string of the molecule is CCCN1CCC(N2CCC(Nc3cc([N+](=O)[O-])ccc3OC)CC2)CC1. The van der Waals surface area contributed by atoms with Gasteiger partial charge in [-0.1, -0.05) is 6.92 Å². The molecular weight excluding hydrogens is 344 g/mol. The molecule has 2 heterocycles. The van der Waals surface area contributed by atoms with Crippen molar-refractivity contribution in [2.75, 3.05) is 45.2 Å². The summed E-state index contributed by atoms with van der Waals surface area (Å²) in [4.78, 5) is 15.9. The van der Waals surface area contributed by atoms with Crippen LogP contribution in [-0.4, -0.2) is 66.6 Å². The van der Waals surface area contributed by atoms with E-state index in [1.165, 1.54) is 45.0 Å². The van der Waals surface area contributed by atoms with Crippen LogP contribution < -0.4 is 10.1 Å². The first kappa shape index (κ1) is 19.9. The molecule has 27 heavy (non-hydrogen) atoms. The highest BCUT2D eigenvalue weighted by Gasteiger charge is 2.28. The zero-order valence-corrected chi connectivity index (χ0v) is 16.5. The number of hydrogen-bond donors (Lipinski definition) is 1. The van der Waals surface area contributed by atoms with Crippen LogP contribution in [0.15, 0.2) is 18.2 Å². The summed E-state index contributed by atoms with van der Waals surface area (Å²) in [5.41, 5.74) is 0.813. The number of nitro groups is 1. The Kier molecular flexibility index (Phi) is 6.90. The fourth-order valence-corrected chi connectivity index (χ4v) is 4.38. The molecule has 1 aromatic rings. The van der Waals surface area contributed by atoms with Crippen molar-refractivity contribution in [1.82, 2.24) is 9.80 Å². The number of ether oxygens (including phenoxy) is 1. The number of piperidine rings is 2. The Morgan fingerprint density at radius 1 is 1.19 bits per heavy atom. The molecule has 1 aromatic carbocycles. The Bertz CT molecular complexity index is 624. The van der Waals surface area contributed by atoms with Crippen LogP contribution in [0.1, 0.15) is 39.0 Å². The number of nitrogens with zero attached hydrogens (tertiary/aromatic N) is 3. The number of nitrogens with one attached hydrogen (secondary N) is 1. The zero-order chi connectivity index (χ0) is 19.2. The van der Waals surface area contributed by atoms with E-state index < -0.39 is 0 Å². The maximum Gasteiger partial charge on any atom is 0.271 e. The molecule has 7 heteroatoms. The van der Waals surface area contributed by atoms with Gasteiger partial charge in [-0.2, -0.15) is 0 Å². The van der Waals surface area contributed by atoms with Gasteiger partial charge in [-0.3, -0.25) is 10.1 Å². The second-order valence-corrected chi connectivity index (χ2v) is 7.67. The molecule has 1 N–H and O–H groups in total. The first-order valence-electron chi connectivity index (χ1n) is 10.2. The molecule has 3 rings (SSSR count). The van der Waals surface area contributed by atoms with Crippen LogP contribution in [0.5, 0.6) is 5.75 Å². The highest BCUT2D eigenvalue weighted by atomic mass is 16.6. The molecule has 0 aliphatic carbocycles. The summed E-state index contributed by atoms with van der Waals surface area (Å²) in [6, 6.07) is 5.77. The van der Waals surface area contributed by atoms with Crippen LogP contribution in [0.2, 0.25) is 0 Å². The van der Waals surface area contributed by atoms with Gasteiger partial charge >= 0.3 is 0 Å². The van der Waals surface area contributed by atoms with Crippen LogP contribution in [-0.2, 0) is 0 Å². The minimum absolute atomic E-state index is 0.0922. The third-order valence-electron chi connectivity index (χ3n) is 5.90. The topological polar surface area (TPSA) is 70.9 Å². The van der Waals surface area contributed by atoms with E-state index in [9.17, 15) is 10.1 Å². The third kappa shape index (κ3) is 5.11. The number of hydrogen-bond acceptors (Lipinski definition) is 6. The molecule has 7 nitrogen and oxygen atoms in total. The average Bonchev–Trinajstić information content (AvgIpc) is 2.69. The van der Waals surface area contributed by atoms with Crippen LogP contribution in [0, 0.1) is 10.1 Å². The van der Waals surface area contributed by atoms with E-state index in [1.807, 2.05) is 0 Å². The van der Waals surface area contributed by atoms with E-state index in [1.54, 1.807) is 19.2 Å². The largest absolute Gasteiger partial charge is 0.495 e. The summed E-state index contributed by atoms with van der Waals surface area (Å²) in [6.45, 7) is 8.10. The van der Waals surface area contributed by atoms with Gasteiger partial charge in [0.15, 0.2) is 0 Å². The predicted molar refractivity (Wildman–Crippen MR) is 108 cm³/mol. The Balaban J connectivity index is 1.51. The van der Waals surface area contributed by atoms with Crippen molar-refractivity contribution in [1.29, 1.82) is 0 Å². The minimum atomic E-state index is -0.363. The summed E-state index contributed by atoms with van der Waals surface area (Å²) in [7, 11) is 1.60. The standard InChI is InChI=1S/C20H32N4O3/c1-3-10-22-11-8-17(9-12-22)23-13-6-16(7-14-23)21-19-15-18(24(25)26)4-5-20(19)27-2/h4-5,15-17,21H,3,6-14H2,1-2H3. The molecule has 0 aromatic heterocycles. The van der Waals surface area contributed by atoms with Crippen LogP contribution in [0.25, 0.3) is 0 Å². The summed E-state index contributed by atoms with van der Waals surface area (Å²) < 4.78 is 5.37. The molecule has 0 amide bonds. The van der Waals surface area contributed by atoms with Gasteiger partial charge < -0.3 is 19.9 Å². The molecule has 2 fully saturated rings. The number of rotatable bonds is 7. The minimum Gasteiger partial charge on any atom is -0.495 e. The van der Waals surface area contributed by atoms with Gasteiger partial charge in [-0.15, -0.1) is 0 Å². The van der Waals surface area contributed by atoms with Crippen molar-refractivity contribution in [3.63, 3.8) is 0 Å². The zero-order valence-electron chi connectivity index (χ0n) is 16.5. The molecule has 2 aliphatic heterocycles. The van der Waals surface area contributed by atoms with E-state index in [0.717, 1.165) is 31.6 Å². The van der Waals surface area contributed by atoms with E-state index in [0.29, 0.717) is 17.8 Å². The fraction of sp³-hybridized carbons (Fsp3) is 0.700. The molecule has 0 unspecified atom stereocenters. The first-order valence-corrected chi connectivity index (χ1v) is 10.2. The Morgan fingerprint density at radius 2 is 1.89 bits per heavy atom. The fourth-order valence-electron chi connectivity index (χ4n) is 4.38. The second kappa shape index (κ2) is 9.37. The first-order chi connectivity index (χ1) is 13.1. The predicted octanol–water partition coefficient (Wildman–Crippen LogP) is 3.35. The summed E-state index contributed by atoms with van der Waals surface area (Å²) >= 11 is 0. The van der Waals surface area contributed by atoms with Crippen molar-refractivity contribution in [2.24, 2.45) is 0 Å². The van der Waals surface area contributed by atoms with Gasteiger partial charge in [0.25, 0.3) is 5.69 Å². The Hall–Kier alpha value is -1.86. The van der Waals surface area contributed by atoms with Crippen molar-refractivity contribution in [3.05, 3.63) is 28.3 Å². The monoisotopic (exact) mass is 376 g/mol. The number of methoxy groups -OCH3 is 1. The lowest BCUT2D eigenvalue weighted by molar-refractivity contribution is -0.384. The molecular formula is C20H32N4O3. The van der Waals surface area contributed by atoms with Gasteiger partial charge in [0, 0.05) is 37.3 Å². The van der Waals surface area contributed by atoms with Crippen molar-refractivity contribution >= 4 is 11.4 Å². The molecule has 2 aliphatic rings. The smallest absolute Gasteiger partial charge is 0.271 e. The van der Waals surface area contributed by atoms with Crippen LogP contribution >= 0.6 is 0 Å². The molecule has 0 atom stereocenters. The summed E-state index contributed by atoms with van der Waals surface area (Å²) in [6.07, 6.45) is 5.90. The maximum absolute atomic E-state index is 11.1. The molecule has 0 saturated carbocycles. The lowest BCUT2D eigenvalue weighted by Crippen LogP contribution is -2.49. The molecule has 0 bridgehead atoms. The lowest BCUT2D eigenvalue weighted by Gasteiger charge is -2.42.